The summed E-state index contributed by atoms with van der Waals surface area (Å²) in [6.07, 6.45) is 12.3. The fourth-order valence-electron chi connectivity index (χ4n) is 6.72. The van der Waals surface area contributed by atoms with E-state index >= 15 is 4.39 Å². The van der Waals surface area contributed by atoms with Crippen LogP contribution in [0.15, 0.2) is 18.5 Å². The van der Waals surface area contributed by atoms with Gasteiger partial charge in [0, 0.05) is 19.3 Å². The third-order valence-corrected chi connectivity index (χ3v) is 8.70. The van der Waals surface area contributed by atoms with Gasteiger partial charge in [0.1, 0.15) is 6.54 Å². The van der Waals surface area contributed by atoms with E-state index in [-0.39, 0.29) is 24.2 Å². The van der Waals surface area contributed by atoms with Crippen LogP contribution >= 0.6 is 0 Å². The number of carbonyl (C=O) groups is 2. The van der Waals surface area contributed by atoms with Crippen molar-refractivity contribution in [3.63, 3.8) is 0 Å². The first-order valence-corrected chi connectivity index (χ1v) is 14.5. The number of carboxylic acids is 1. The lowest BCUT2D eigenvalue weighted by Gasteiger charge is -2.42. The summed E-state index contributed by atoms with van der Waals surface area (Å²) in [5.74, 6) is -0.637. The van der Waals surface area contributed by atoms with E-state index in [9.17, 15) is 14.7 Å². The second-order valence-corrected chi connectivity index (χ2v) is 11.4. The van der Waals surface area contributed by atoms with Crippen LogP contribution in [0.1, 0.15) is 74.6 Å². The standard InChI is InChI=1S/C28H40FN7O3/c29-21-18-35-27(36(19-21)15-7-5-3-1-2-4-6-8-16-36)24(25(30)33-35)26(37)32-22-17-31-12-9-23(22)34-13-10-20(11-14-34)28(38)39/h9,12,17,20-21H,1-8,10-11,13-16,18-19H2,(H3-,30,32,33,37,38,39)/p+1. The Kier molecular flexibility index (Phi) is 8.34. The number of nitrogens with zero attached hydrogens (tertiary/aromatic N) is 5. The molecule has 3 aliphatic heterocycles. The maximum Gasteiger partial charge on any atom is 0.306 e. The maximum atomic E-state index is 15.1. The highest BCUT2D eigenvalue weighted by Crippen LogP contribution is 2.39. The van der Waals surface area contributed by atoms with Crippen molar-refractivity contribution >= 4 is 34.9 Å². The predicted octanol–water partition coefficient (Wildman–Crippen LogP) is 4.21. The number of nitrogens with one attached hydrogen (secondary N) is 1. The van der Waals surface area contributed by atoms with Gasteiger partial charge in [0.25, 0.3) is 5.91 Å². The second-order valence-electron chi connectivity index (χ2n) is 11.4. The van der Waals surface area contributed by atoms with Gasteiger partial charge in [-0.25, -0.2) is 9.07 Å². The van der Waals surface area contributed by atoms with Crippen LogP contribution in [0, 0.1) is 5.92 Å². The van der Waals surface area contributed by atoms with Gasteiger partial charge in [0.05, 0.1) is 43.1 Å². The summed E-state index contributed by atoms with van der Waals surface area (Å²) in [4.78, 5) is 31.6. The maximum absolute atomic E-state index is 15.1. The molecule has 0 radical (unpaired) electrons. The van der Waals surface area contributed by atoms with Crippen molar-refractivity contribution in [2.24, 2.45) is 5.92 Å². The van der Waals surface area contributed by atoms with E-state index in [1.54, 1.807) is 17.1 Å². The quantitative estimate of drug-likeness (QED) is 0.494. The molecule has 1 atom stereocenters. The third-order valence-electron chi connectivity index (χ3n) is 8.70. The predicted molar refractivity (Wildman–Crippen MR) is 150 cm³/mol. The van der Waals surface area contributed by atoms with Gasteiger partial charge in [0.15, 0.2) is 17.6 Å². The summed E-state index contributed by atoms with van der Waals surface area (Å²) in [7, 11) is 0. The van der Waals surface area contributed by atoms with Crippen LogP contribution < -0.4 is 20.4 Å². The molecular weight excluding hydrogens is 501 g/mol. The van der Waals surface area contributed by atoms with E-state index in [1.807, 2.05) is 6.07 Å². The smallest absolute Gasteiger partial charge is 0.306 e. The van der Waals surface area contributed by atoms with E-state index in [1.165, 1.54) is 25.7 Å². The van der Waals surface area contributed by atoms with Crippen molar-refractivity contribution in [2.75, 3.05) is 48.7 Å². The van der Waals surface area contributed by atoms with E-state index in [0.717, 1.165) is 50.3 Å². The summed E-state index contributed by atoms with van der Waals surface area (Å²) < 4.78 is 17.2. The van der Waals surface area contributed by atoms with Crippen LogP contribution in [0.3, 0.4) is 0 Å². The first kappa shape index (κ1) is 27.4. The monoisotopic (exact) mass is 542 g/mol. The molecular formula is C28H41FN7O3+. The van der Waals surface area contributed by atoms with Crippen molar-refractivity contribution in [1.29, 1.82) is 0 Å². The summed E-state index contributed by atoms with van der Waals surface area (Å²) in [6.45, 7) is 3.12. The van der Waals surface area contributed by atoms with Crippen molar-refractivity contribution in [3.8, 4) is 0 Å². The lowest BCUT2D eigenvalue weighted by Crippen LogP contribution is -2.59. The summed E-state index contributed by atoms with van der Waals surface area (Å²) >= 11 is 0. The number of anilines is 3. The number of carboxylic acid groups (broad SMARTS) is 1. The topological polar surface area (TPSA) is 126 Å². The highest BCUT2D eigenvalue weighted by molar-refractivity contribution is 6.11. The number of aliphatic carboxylic acids is 1. The zero-order valence-corrected chi connectivity index (χ0v) is 22.7. The number of aromatic nitrogens is 3. The SMILES string of the molecule is Nc1nn2c(c1C(=O)Nc1cnccc1N1CCC(C(=O)O)CC1)[N+]1(CCCCCCCCCC1)CC(F)C2. The molecule has 10 nitrogen and oxygen atoms in total. The Hall–Kier alpha value is -3.21. The number of fused-ring (bicyclic) bond motifs is 2. The van der Waals surface area contributed by atoms with E-state index < -0.39 is 12.1 Å². The van der Waals surface area contributed by atoms with Gasteiger partial charge in [-0.1, -0.05) is 25.7 Å². The van der Waals surface area contributed by atoms with Crippen LogP contribution in [0.2, 0.25) is 0 Å². The van der Waals surface area contributed by atoms with Gasteiger partial charge in [-0.3, -0.25) is 19.1 Å². The largest absolute Gasteiger partial charge is 0.481 e. The Morgan fingerprint density at radius 3 is 2.33 bits per heavy atom. The Morgan fingerprint density at radius 2 is 1.69 bits per heavy atom. The van der Waals surface area contributed by atoms with E-state index in [4.69, 9.17) is 5.73 Å². The highest BCUT2D eigenvalue weighted by Gasteiger charge is 2.46. The Labute approximate surface area is 228 Å². The number of nitrogens with two attached hydrogens (primary N) is 1. The Bertz CT molecular complexity index is 1170. The minimum atomic E-state index is -1.04. The fraction of sp³-hybridized carbons (Fsp3) is 0.643. The lowest BCUT2D eigenvalue weighted by atomic mass is 9.96. The third kappa shape index (κ3) is 5.88. The molecule has 0 aromatic carbocycles. The van der Waals surface area contributed by atoms with Gasteiger partial charge in [0.2, 0.25) is 5.82 Å². The minimum absolute atomic E-state index is 0.101. The molecule has 2 saturated heterocycles. The van der Waals surface area contributed by atoms with Crippen LogP contribution in [0.5, 0.6) is 0 Å². The Balaban J connectivity index is 1.44. The zero-order valence-electron chi connectivity index (χ0n) is 22.7. The zero-order chi connectivity index (χ0) is 27.4. The van der Waals surface area contributed by atoms with Crippen molar-refractivity contribution in [3.05, 3.63) is 24.0 Å². The first-order valence-electron chi connectivity index (χ1n) is 14.5. The van der Waals surface area contributed by atoms with Crippen LogP contribution in [0.4, 0.5) is 27.4 Å². The number of rotatable bonds is 4. The number of hydrogen-bond donors (Lipinski definition) is 3. The number of halogens is 1. The first-order chi connectivity index (χ1) is 18.9. The van der Waals surface area contributed by atoms with Gasteiger partial charge in [-0.05, 0) is 44.6 Å². The van der Waals surface area contributed by atoms with Crippen molar-refractivity contribution in [2.45, 2.75) is 76.9 Å². The van der Waals surface area contributed by atoms with Crippen LogP contribution in [-0.4, -0.2) is 70.6 Å². The molecule has 11 heteroatoms. The molecule has 0 bridgehead atoms. The fourth-order valence-corrected chi connectivity index (χ4v) is 6.72. The molecule has 4 N–H and O–H groups in total. The van der Waals surface area contributed by atoms with Crippen molar-refractivity contribution < 1.29 is 19.1 Å². The Morgan fingerprint density at radius 1 is 1.05 bits per heavy atom. The molecule has 5 rings (SSSR count). The average molecular weight is 543 g/mol. The average Bonchev–Trinajstić information content (AvgIpc) is 3.23. The molecule has 0 aliphatic carbocycles. The molecule has 1 spiro atoms. The number of amides is 1. The molecule has 3 aliphatic rings. The summed E-state index contributed by atoms with van der Waals surface area (Å²) in [6, 6.07) is 1.84. The number of quaternary nitrogens is 1. The second kappa shape index (κ2) is 11.9. The molecule has 2 aromatic rings. The molecule has 0 saturated carbocycles. The van der Waals surface area contributed by atoms with Gasteiger partial charge in [-0.15, -0.1) is 5.10 Å². The molecule has 5 heterocycles. The number of pyridine rings is 1. The summed E-state index contributed by atoms with van der Waals surface area (Å²) in [5, 5.41) is 16.9. The molecule has 39 heavy (non-hydrogen) atoms. The van der Waals surface area contributed by atoms with Crippen molar-refractivity contribution in [1.82, 2.24) is 19.2 Å². The lowest BCUT2D eigenvalue weighted by molar-refractivity contribution is -0.142. The van der Waals surface area contributed by atoms with Crippen LogP contribution in [0.25, 0.3) is 0 Å². The van der Waals surface area contributed by atoms with Crippen LogP contribution in [-0.2, 0) is 11.3 Å². The summed E-state index contributed by atoms with van der Waals surface area (Å²) in [5.41, 5.74) is 8.05. The number of nitrogen functional groups attached to an aromatic ring is 1. The number of piperidine rings is 1. The van der Waals surface area contributed by atoms with E-state index in [0.29, 0.717) is 48.2 Å². The van der Waals surface area contributed by atoms with Gasteiger partial charge < -0.3 is 21.1 Å². The molecule has 2 fully saturated rings. The normalized spacial score (nSPS) is 22.6. The molecule has 212 valence electrons. The minimum Gasteiger partial charge on any atom is -0.481 e. The molecule has 1 unspecified atom stereocenters. The molecule has 2 aromatic heterocycles. The van der Waals surface area contributed by atoms with E-state index in [2.05, 4.69) is 20.3 Å². The van der Waals surface area contributed by atoms with Gasteiger partial charge >= 0.3 is 5.97 Å². The number of hydrogen-bond acceptors (Lipinski definition) is 6. The molecule has 1 amide bonds. The number of carbonyl (C=O) groups excluding carboxylic acids is 1. The number of alkyl halides is 1. The highest BCUT2D eigenvalue weighted by atomic mass is 19.1. The van der Waals surface area contributed by atoms with Gasteiger partial charge in [-0.2, -0.15) is 0 Å².